The van der Waals surface area contributed by atoms with Crippen molar-refractivity contribution in [1.29, 1.82) is 0 Å². The Labute approximate surface area is 169 Å². The Morgan fingerprint density at radius 2 is 1.75 bits per heavy atom. The Kier molecular flexibility index (Phi) is 5.05. The predicted molar refractivity (Wildman–Crippen MR) is 108 cm³/mol. The lowest BCUT2D eigenvalue weighted by molar-refractivity contribution is -0.132. The molecule has 4 atom stereocenters. The third-order valence-electron chi connectivity index (χ3n) is 8.36. The summed E-state index contributed by atoms with van der Waals surface area (Å²) in [6.45, 7) is 8.34. The summed E-state index contributed by atoms with van der Waals surface area (Å²) >= 11 is 0. The van der Waals surface area contributed by atoms with Crippen LogP contribution in [0.2, 0.25) is 0 Å². The molecule has 4 rings (SSSR count). The maximum Gasteiger partial charge on any atom is 0.223 e. The number of nitrogens with zero attached hydrogens (tertiary/aromatic N) is 1. The molecule has 158 valence electrons. The van der Waals surface area contributed by atoms with E-state index in [1.807, 2.05) is 11.8 Å². The van der Waals surface area contributed by atoms with Crippen LogP contribution in [-0.4, -0.2) is 46.6 Å². The highest BCUT2D eigenvalue weighted by atomic mass is 16.3. The largest absolute Gasteiger partial charge is 0.390 e. The molecular weight excluding hydrogens is 352 g/mol. The van der Waals surface area contributed by atoms with Gasteiger partial charge in [0.25, 0.3) is 0 Å². The molecular formula is C23H38N2O3. The molecule has 1 aliphatic heterocycles. The van der Waals surface area contributed by atoms with Crippen molar-refractivity contribution in [3.05, 3.63) is 0 Å². The minimum absolute atomic E-state index is 0.0581. The molecule has 1 saturated heterocycles. The summed E-state index contributed by atoms with van der Waals surface area (Å²) in [6, 6.07) is 0.128. The summed E-state index contributed by atoms with van der Waals surface area (Å²) < 4.78 is 0. The lowest BCUT2D eigenvalue weighted by Gasteiger charge is -2.51. The Bertz CT molecular complexity index is 634. The zero-order chi connectivity index (χ0) is 20.2. The number of carbonyl (C=O) groups excluding carboxylic acids is 2. The fraction of sp³-hybridized carbons (Fsp3) is 0.913. The summed E-state index contributed by atoms with van der Waals surface area (Å²) in [5, 5.41) is 14.2. The van der Waals surface area contributed by atoms with Gasteiger partial charge in [0.15, 0.2) is 0 Å². The first-order valence-corrected chi connectivity index (χ1v) is 11.4. The van der Waals surface area contributed by atoms with Crippen LogP contribution < -0.4 is 5.32 Å². The topological polar surface area (TPSA) is 69.6 Å². The van der Waals surface area contributed by atoms with Gasteiger partial charge >= 0.3 is 0 Å². The molecule has 0 radical (unpaired) electrons. The molecule has 5 heteroatoms. The van der Waals surface area contributed by atoms with Gasteiger partial charge in [-0.1, -0.05) is 13.8 Å². The average molecular weight is 391 g/mol. The van der Waals surface area contributed by atoms with Crippen LogP contribution in [0.1, 0.15) is 85.0 Å². The minimum Gasteiger partial charge on any atom is -0.390 e. The Balaban J connectivity index is 1.56. The number of likely N-dealkylation sites (tertiary alicyclic amines) is 1. The van der Waals surface area contributed by atoms with Crippen molar-refractivity contribution in [2.75, 3.05) is 13.1 Å². The van der Waals surface area contributed by atoms with E-state index in [4.69, 9.17) is 0 Å². The molecule has 1 heterocycles. The van der Waals surface area contributed by atoms with E-state index >= 15 is 0 Å². The van der Waals surface area contributed by atoms with E-state index in [9.17, 15) is 14.7 Å². The van der Waals surface area contributed by atoms with Crippen molar-refractivity contribution in [1.82, 2.24) is 10.2 Å². The lowest BCUT2D eigenvalue weighted by Crippen LogP contribution is -2.53. The Morgan fingerprint density at radius 1 is 1.07 bits per heavy atom. The molecule has 2 N–H and O–H groups in total. The van der Waals surface area contributed by atoms with Gasteiger partial charge in [0, 0.05) is 31.5 Å². The third kappa shape index (κ3) is 3.71. The second kappa shape index (κ2) is 7.00. The number of carbonyl (C=O) groups is 2. The molecule has 3 saturated carbocycles. The van der Waals surface area contributed by atoms with Crippen molar-refractivity contribution < 1.29 is 14.7 Å². The highest BCUT2D eigenvalue weighted by Gasteiger charge is 2.61. The highest BCUT2D eigenvalue weighted by Crippen LogP contribution is 2.64. The van der Waals surface area contributed by atoms with Gasteiger partial charge in [-0.3, -0.25) is 9.59 Å². The fourth-order valence-corrected chi connectivity index (χ4v) is 6.53. The SMILES string of the molecule is CC1(C)C[C@H](NC(=O)C2CC2)[C@@]2(CCC(=O)N3CCCC3)CC[C@](C)(O)C[C@@H]12. The number of aliphatic hydroxyl groups is 1. The van der Waals surface area contributed by atoms with Gasteiger partial charge in [-0.2, -0.15) is 0 Å². The van der Waals surface area contributed by atoms with Gasteiger partial charge in [0.05, 0.1) is 5.60 Å². The molecule has 28 heavy (non-hydrogen) atoms. The van der Waals surface area contributed by atoms with Crippen LogP contribution in [0.5, 0.6) is 0 Å². The average Bonchev–Trinajstić information content (AvgIpc) is 3.28. The first-order valence-electron chi connectivity index (χ1n) is 11.4. The first kappa shape index (κ1) is 20.2. The number of rotatable bonds is 5. The van der Waals surface area contributed by atoms with E-state index < -0.39 is 5.60 Å². The standard InChI is InChI=1S/C23H38N2O3/c1-21(2)15-18(24-20(27)16-6-7-16)23(11-10-22(3,28)14-17(21)23)9-8-19(26)25-12-4-5-13-25/h16-18,28H,4-15H2,1-3H3,(H,24,27)/t17-,18-,22-,23-/m0/s1. The highest BCUT2D eigenvalue weighted by molar-refractivity contribution is 5.81. The van der Waals surface area contributed by atoms with Gasteiger partial charge in [-0.05, 0) is 81.5 Å². The number of hydrogen-bond acceptors (Lipinski definition) is 3. The van der Waals surface area contributed by atoms with E-state index in [1.54, 1.807) is 0 Å². The summed E-state index contributed by atoms with van der Waals surface area (Å²) in [7, 11) is 0. The molecule has 2 amide bonds. The maximum atomic E-state index is 12.8. The van der Waals surface area contributed by atoms with Crippen molar-refractivity contribution >= 4 is 11.8 Å². The summed E-state index contributed by atoms with van der Waals surface area (Å²) in [4.78, 5) is 27.4. The molecule has 4 fully saturated rings. The summed E-state index contributed by atoms with van der Waals surface area (Å²) in [6.07, 6.45) is 9.06. The van der Waals surface area contributed by atoms with Crippen LogP contribution in [0.4, 0.5) is 0 Å². The molecule has 5 nitrogen and oxygen atoms in total. The number of amides is 2. The van der Waals surface area contributed by atoms with Crippen molar-refractivity contribution in [3.8, 4) is 0 Å². The van der Waals surface area contributed by atoms with Gasteiger partial charge < -0.3 is 15.3 Å². The quantitative estimate of drug-likeness (QED) is 0.757. The van der Waals surface area contributed by atoms with Crippen LogP contribution in [0.25, 0.3) is 0 Å². The Morgan fingerprint density at radius 3 is 2.39 bits per heavy atom. The molecule has 0 spiro atoms. The second-order valence-electron chi connectivity index (χ2n) is 11.1. The first-order chi connectivity index (χ1) is 13.1. The van der Waals surface area contributed by atoms with Crippen LogP contribution >= 0.6 is 0 Å². The van der Waals surface area contributed by atoms with E-state index in [2.05, 4.69) is 19.2 Å². The maximum absolute atomic E-state index is 12.8. The fourth-order valence-electron chi connectivity index (χ4n) is 6.53. The van der Waals surface area contributed by atoms with Crippen LogP contribution in [0.15, 0.2) is 0 Å². The molecule has 0 unspecified atom stereocenters. The summed E-state index contributed by atoms with van der Waals surface area (Å²) in [5.74, 6) is 1.03. The van der Waals surface area contributed by atoms with E-state index in [1.165, 1.54) is 0 Å². The number of nitrogens with one attached hydrogen (secondary N) is 1. The van der Waals surface area contributed by atoms with Crippen LogP contribution in [0, 0.1) is 22.7 Å². The number of fused-ring (bicyclic) bond motifs is 1. The monoisotopic (exact) mass is 390 g/mol. The predicted octanol–water partition coefficient (Wildman–Crippen LogP) is 3.25. The lowest BCUT2D eigenvalue weighted by atomic mass is 9.57. The smallest absolute Gasteiger partial charge is 0.223 e. The van der Waals surface area contributed by atoms with Crippen molar-refractivity contribution in [2.45, 2.75) is 96.6 Å². The normalized spacial score (nSPS) is 39.6. The molecule has 0 aromatic carbocycles. The number of hydrogen-bond donors (Lipinski definition) is 2. The Hall–Kier alpha value is -1.10. The third-order valence-corrected chi connectivity index (χ3v) is 8.36. The van der Waals surface area contributed by atoms with E-state index in [0.717, 1.165) is 70.9 Å². The van der Waals surface area contributed by atoms with Gasteiger partial charge in [0.1, 0.15) is 0 Å². The van der Waals surface area contributed by atoms with E-state index in [0.29, 0.717) is 12.3 Å². The summed E-state index contributed by atoms with van der Waals surface area (Å²) in [5.41, 5.74) is -0.645. The second-order valence-corrected chi connectivity index (χ2v) is 11.1. The molecule has 4 aliphatic rings. The van der Waals surface area contributed by atoms with Gasteiger partial charge in [0.2, 0.25) is 11.8 Å². The van der Waals surface area contributed by atoms with Crippen molar-refractivity contribution in [3.63, 3.8) is 0 Å². The minimum atomic E-state index is -0.639. The molecule has 0 aromatic rings. The van der Waals surface area contributed by atoms with Crippen molar-refractivity contribution in [2.24, 2.45) is 22.7 Å². The molecule has 3 aliphatic carbocycles. The van der Waals surface area contributed by atoms with Gasteiger partial charge in [-0.15, -0.1) is 0 Å². The van der Waals surface area contributed by atoms with Gasteiger partial charge in [-0.25, -0.2) is 0 Å². The zero-order valence-corrected chi connectivity index (χ0v) is 17.9. The van der Waals surface area contributed by atoms with Crippen LogP contribution in [-0.2, 0) is 9.59 Å². The molecule has 0 bridgehead atoms. The van der Waals surface area contributed by atoms with E-state index in [-0.39, 0.29) is 34.6 Å². The molecule has 0 aromatic heterocycles. The van der Waals surface area contributed by atoms with Crippen LogP contribution in [0.3, 0.4) is 0 Å². The zero-order valence-electron chi connectivity index (χ0n) is 17.9.